The highest BCUT2D eigenvalue weighted by atomic mass is 16.5. The maximum absolute atomic E-state index is 13.0. The summed E-state index contributed by atoms with van der Waals surface area (Å²) in [6.45, 7) is 3.80. The second kappa shape index (κ2) is 9.21. The van der Waals surface area contributed by atoms with Gasteiger partial charge in [-0.25, -0.2) is 14.6 Å². The molecule has 0 saturated carbocycles. The van der Waals surface area contributed by atoms with Crippen molar-refractivity contribution in [2.45, 2.75) is 25.8 Å². The van der Waals surface area contributed by atoms with Gasteiger partial charge in [-0.2, -0.15) is 5.10 Å². The fraction of sp³-hybridized carbons (Fsp3) is 0.259. The quantitative estimate of drug-likeness (QED) is 0.327. The first kappa shape index (κ1) is 23.0. The Morgan fingerprint density at radius 1 is 1.19 bits per heavy atom. The smallest absolute Gasteiger partial charge is 0.291 e. The van der Waals surface area contributed by atoms with Crippen LogP contribution in [-0.2, 0) is 0 Å². The fourth-order valence-corrected chi connectivity index (χ4v) is 4.95. The molecule has 37 heavy (non-hydrogen) atoms. The number of nitrogen functional groups attached to an aromatic ring is 1. The van der Waals surface area contributed by atoms with E-state index in [1.807, 2.05) is 41.9 Å². The first-order chi connectivity index (χ1) is 18.0. The number of nitrogens with two attached hydrogens (primary N) is 1. The lowest BCUT2D eigenvalue weighted by atomic mass is 10.1. The monoisotopic (exact) mass is 497 g/mol. The molecule has 1 saturated heterocycles. The van der Waals surface area contributed by atoms with Crippen molar-refractivity contribution in [3.63, 3.8) is 0 Å². The number of nitrogens with one attached hydrogen (secondary N) is 2. The lowest BCUT2D eigenvalue weighted by molar-refractivity contribution is 0.0998. The third-order valence-electron chi connectivity index (χ3n) is 6.86. The van der Waals surface area contributed by atoms with E-state index >= 15 is 0 Å². The Morgan fingerprint density at radius 2 is 2.03 bits per heavy atom. The van der Waals surface area contributed by atoms with Crippen LogP contribution in [0.15, 0.2) is 53.2 Å². The molecule has 0 aliphatic carbocycles. The highest BCUT2D eigenvalue weighted by Crippen LogP contribution is 2.37. The van der Waals surface area contributed by atoms with Crippen molar-refractivity contribution in [2.24, 2.45) is 0 Å². The molecule has 2 aromatic carbocycles. The number of carbonyl (C=O) groups excluding carboxylic acids is 1. The van der Waals surface area contributed by atoms with E-state index in [0.717, 1.165) is 42.4 Å². The van der Waals surface area contributed by atoms with Gasteiger partial charge in [-0.3, -0.25) is 4.79 Å². The van der Waals surface area contributed by atoms with Crippen molar-refractivity contribution < 1.29 is 13.9 Å². The summed E-state index contributed by atoms with van der Waals surface area (Å²) in [5.74, 6) is 0.724. The highest BCUT2D eigenvalue weighted by Gasteiger charge is 2.24. The van der Waals surface area contributed by atoms with Crippen LogP contribution < -0.4 is 21.1 Å². The van der Waals surface area contributed by atoms with Gasteiger partial charge in [0.25, 0.3) is 5.91 Å². The number of benzene rings is 2. The van der Waals surface area contributed by atoms with E-state index in [4.69, 9.17) is 20.0 Å². The third kappa shape index (κ3) is 4.05. The van der Waals surface area contributed by atoms with Gasteiger partial charge in [-0.15, -0.1) is 0 Å². The molecule has 0 bridgehead atoms. The molecular weight excluding hydrogens is 470 g/mol. The number of anilines is 2. The van der Waals surface area contributed by atoms with Crippen molar-refractivity contribution in [1.82, 2.24) is 25.1 Å². The number of aryl methyl sites for hydroxylation is 1. The van der Waals surface area contributed by atoms with E-state index in [0.29, 0.717) is 39.6 Å². The largest absolute Gasteiger partial charge is 0.495 e. The molecule has 10 nitrogen and oxygen atoms in total. The number of piperidine rings is 1. The van der Waals surface area contributed by atoms with Gasteiger partial charge in [0, 0.05) is 10.9 Å². The zero-order valence-corrected chi connectivity index (χ0v) is 20.6. The third-order valence-corrected chi connectivity index (χ3v) is 6.86. The van der Waals surface area contributed by atoms with E-state index in [2.05, 4.69) is 20.6 Å². The van der Waals surface area contributed by atoms with Gasteiger partial charge in [0.15, 0.2) is 11.4 Å². The fourth-order valence-electron chi connectivity index (χ4n) is 4.95. The summed E-state index contributed by atoms with van der Waals surface area (Å²) in [5, 5.41) is 12.8. The first-order valence-corrected chi connectivity index (χ1v) is 12.2. The lowest BCUT2D eigenvalue weighted by Gasteiger charge is -2.23. The number of ether oxygens (including phenoxy) is 1. The van der Waals surface area contributed by atoms with Gasteiger partial charge in [0.2, 0.25) is 0 Å². The molecule has 0 radical (unpaired) electrons. The van der Waals surface area contributed by atoms with Crippen LogP contribution in [0.5, 0.6) is 5.75 Å². The van der Waals surface area contributed by atoms with Gasteiger partial charge in [0.05, 0.1) is 24.2 Å². The molecule has 3 aromatic heterocycles. The molecular formula is C27H27N7O3. The Morgan fingerprint density at radius 3 is 2.81 bits per heavy atom. The van der Waals surface area contributed by atoms with Crippen LogP contribution in [0.2, 0.25) is 0 Å². The second-order valence-electron chi connectivity index (χ2n) is 9.20. The Hall–Kier alpha value is -4.44. The van der Waals surface area contributed by atoms with Crippen molar-refractivity contribution in [2.75, 3.05) is 31.2 Å². The Kier molecular flexibility index (Phi) is 5.72. The number of rotatable bonds is 5. The van der Waals surface area contributed by atoms with Crippen LogP contribution in [-0.4, -0.2) is 45.9 Å². The number of hydrogen-bond acceptors (Lipinski definition) is 8. The van der Waals surface area contributed by atoms with Crippen LogP contribution in [0.1, 0.15) is 35.0 Å². The van der Waals surface area contributed by atoms with Crippen LogP contribution >= 0.6 is 0 Å². The number of fused-ring (bicyclic) bond motifs is 2. The molecule has 1 aliphatic rings. The van der Waals surface area contributed by atoms with E-state index in [1.54, 1.807) is 19.2 Å². The molecule has 1 amide bonds. The number of carbonyl (C=O) groups is 1. The number of amides is 1. The summed E-state index contributed by atoms with van der Waals surface area (Å²) in [6.07, 6.45) is 3.38. The maximum atomic E-state index is 13.0. The average Bonchev–Trinajstić information content (AvgIpc) is 3.54. The minimum Gasteiger partial charge on any atom is -0.495 e. The zero-order chi connectivity index (χ0) is 25.5. The van der Waals surface area contributed by atoms with Gasteiger partial charge in [-0.05, 0) is 56.6 Å². The molecule has 1 fully saturated rings. The number of furan rings is 1. The summed E-state index contributed by atoms with van der Waals surface area (Å²) >= 11 is 0. The Labute approximate surface area is 212 Å². The van der Waals surface area contributed by atoms with Crippen LogP contribution in [0, 0.1) is 6.92 Å². The predicted molar refractivity (Wildman–Crippen MR) is 142 cm³/mol. The molecule has 0 atom stereocenters. The first-order valence-electron chi connectivity index (χ1n) is 12.2. The maximum Gasteiger partial charge on any atom is 0.291 e. The standard InChI is InChI=1S/C27H27N7O3/c1-15-4-3-5-17-13-21(37-24(15)17)27(35)32-19-7-6-16(12-20(19)36-2)23-22-25(28)30-14-31-26(22)34(33-23)18-8-10-29-11-9-18/h3-7,12-14,18,29H,8-11H2,1-2H3,(H,32,35)(H2,28,30,31). The molecule has 0 spiro atoms. The minimum atomic E-state index is -0.361. The molecule has 1 aliphatic heterocycles. The lowest BCUT2D eigenvalue weighted by Crippen LogP contribution is -2.30. The van der Waals surface area contributed by atoms with Crippen molar-refractivity contribution in [3.8, 4) is 17.0 Å². The average molecular weight is 498 g/mol. The van der Waals surface area contributed by atoms with E-state index in [1.165, 1.54) is 6.33 Å². The summed E-state index contributed by atoms with van der Waals surface area (Å²) < 4.78 is 13.4. The summed E-state index contributed by atoms with van der Waals surface area (Å²) in [7, 11) is 1.56. The molecule has 188 valence electrons. The molecule has 10 heteroatoms. The van der Waals surface area contributed by atoms with Crippen LogP contribution in [0.25, 0.3) is 33.3 Å². The summed E-state index contributed by atoms with van der Waals surface area (Å²) in [6, 6.07) is 13.3. The Bertz CT molecular complexity index is 1630. The molecule has 4 heterocycles. The normalized spacial score (nSPS) is 14.3. The topological polar surface area (TPSA) is 133 Å². The van der Waals surface area contributed by atoms with Crippen molar-refractivity contribution in [3.05, 3.63) is 60.1 Å². The van der Waals surface area contributed by atoms with E-state index in [9.17, 15) is 4.79 Å². The highest BCUT2D eigenvalue weighted by molar-refractivity contribution is 6.06. The van der Waals surface area contributed by atoms with E-state index < -0.39 is 0 Å². The molecule has 0 unspecified atom stereocenters. The SMILES string of the molecule is COc1cc(-c2nn(C3CCNCC3)c3ncnc(N)c23)ccc1NC(=O)c1cc2cccc(C)c2o1. The number of hydrogen-bond donors (Lipinski definition) is 3. The van der Waals surface area contributed by atoms with Gasteiger partial charge < -0.3 is 25.5 Å². The number of methoxy groups -OCH3 is 1. The number of para-hydroxylation sites is 1. The Balaban J connectivity index is 1.36. The van der Waals surface area contributed by atoms with Gasteiger partial charge in [0.1, 0.15) is 29.2 Å². The predicted octanol–water partition coefficient (Wildman–Crippen LogP) is 4.32. The number of nitrogens with zero attached hydrogens (tertiary/aromatic N) is 4. The van der Waals surface area contributed by atoms with Crippen LogP contribution in [0.3, 0.4) is 0 Å². The van der Waals surface area contributed by atoms with E-state index in [-0.39, 0.29) is 17.7 Å². The van der Waals surface area contributed by atoms with Gasteiger partial charge in [-0.1, -0.05) is 24.3 Å². The van der Waals surface area contributed by atoms with Crippen molar-refractivity contribution >= 4 is 39.4 Å². The second-order valence-corrected chi connectivity index (χ2v) is 9.20. The zero-order valence-electron chi connectivity index (χ0n) is 20.6. The molecule has 4 N–H and O–H groups in total. The van der Waals surface area contributed by atoms with Crippen LogP contribution in [0.4, 0.5) is 11.5 Å². The molecule has 5 aromatic rings. The number of aromatic nitrogens is 4. The summed E-state index contributed by atoms with van der Waals surface area (Å²) in [4.78, 5) is 21.7. The minimum absolute atomic E-state index is 0.222. The summed E-state index contributed by atoms with van der Waals surface area (Å²) in [5.41, 5.74) is 10.7. The van der Waals surface area contributed by atoms with Gasteiger partial charge >= 0.3 is 0 Å². The molecule has 6 rings (SSSR count). The van der Waals surface area contributed by atoms with Crippen molar-refractivity contribution in [1.29, 1.82) is 0 Å².